The molecule has 3 aromatic rings. The summed E-state index contributed by atoms with van der Waals surface area (Å²) in [5.41, 5.74) is 11.8. The minimum atomic E-state index is -0.358. The molecule has 28 heavy (non-hydrogen) atoms. The standard InChI is InChI=1S/C24H18N2O2/c25-13-6-5-7-14(12-13)26-23(27)21-19-15-8-1-2-9-16(15)20(22(21)24(26)28)18-11-4-3-10-17(18)19/h1-12,19-22H,25H2/t19?,20?,21-,22+. The number of nitrogens with zero attached hydrogens (tertiary/aromatic N) is 1. The second-order valence-electron chi connectivity index (χ2n) is 7.87. The van der Waals surface area contributed by atoms with Gasteiger partial charge in [-0.15, -0.1) is 0 Å². The van der Waals surface area contributed by atoms with E-state index < -0.39 is 0 Å². The maximum atomic E-state index is 13.5. The summed E-state index contributed by atoms with van der Waals surface area (Å²) >= 11 is 0. The Morgan fingerprint density at radius 3 is 1.54 bits per heavy atom. The zero-order valence-corrected chi connectivity index (χ0v) is 15.1. The lowest BCUT2D eigenvalue weighted by Crippen LogP contribution is -2.41. The molecule has 7 rings (SSSR count). The molecule has 3 aliphatic carbocycles. The van der Waals surface area contributed by atoms with Gasteiger partial charge in [-0.1, -0.05) is 54.6 Å². The van der Waals surface area contributed by atoms with Crippen molar-refractivity contribution in [1.82, 2.24) is 0 Å². The molecule has 3 aromatic carbocycles. The number of imide groups is 1. The first kappa shape index (κ1) is 15.6. The lowest BCUT2D eigenvalue weighted by atomic mass is 9.55. The molecule has 2 bridgehead atoms. The SMILES string of the molecule is Nc1cccc(N2C(=O)[C@@H]3C4c5ccccc5C(c5ccccc54)[C@@H]3C2=O)c1. The number of rotatable bonds is 1. The molecule has 0 unspecified atom stereocenters. The van der Waals surface area contributed by atoms with Crippen LogP contribution in [0, 0.1) is 11.8 Å². The topological polar surface area (TPSA) is 63.4 Å². The van der Waals surface area contributed by atoms with Gasteiger partial charge in [0.15, 0.2) is 0 Å². The Kier molecular flexibility index (Phi) is 2.97. The van der Waals surface area contributed by atoms with E-state index in [-0.39, 0.29) is 35.5 Å². The quantitative estimate of drug-likeness (QED) is 0.528. The molecular weight excluding hydrogens is 348 g/mol. The normalized spacial score (nSPS) is 26.8. The van der Waals surface area contributed by atoms with Crippen LogP contribution in [0.1, 0.15) is 34.1 Å². The van der Waals surface area contributed by atoms with Gasteiger partial charge in [-0.3, -0.25) is 9.59 Å². The van der Waals surface area contributed by atoms with E-state index in [9.17, 15) is 9.59 Å². The van der Waals surface area contributed by atoms with Crippen molar-refractivity contribution < 1.29 is 9.59 Å². The zero-order chi connectivity index (χ0) is 19.0. The van der Waals surface area contributed by atoms with Gasteiger partial charge >= 0.3 is 0 Å². The molecule has 1 heterocycles. The van der Waals surface area contributed by atoms with E-state index in [4.69, 9.17) is 5.73 Å². The van der Waals surface area contributed by atoms with Crippen LogP contribution < -0.4 is 10.6 Å². The third-order valence-corrected chi connectivity index (χ3v) is 6.58. The van der Waals surface area contributed by atoms with Crippen LogP contribution in [-0.2, 0) is 9.59 Å². The lowest BCUT2D eigenvalue weighted by molar-refractivity contribution is -0.122. The highest BCUT2D eigenvalue weighted by molar-refractivity contribution is 6.23. The molecule has 0 radical (unpaired) electrons. The van der Waals surface area contributed by atoms with E-state index in [2.05, 4.69) is 24.3 Å². The molecule has 0 aromatic heterocycles. The van der Waals surface area contributed by atoms with Crippen molar-refractivity contribution in [2.45, 2.75) is 11.8 Å². The number of carbonyl (C=O) groups excluding carboxylic acids is 2. The predicted octanol–water partition coefficient (Wildman–Crippen LogP) is 3.67. The second-order valence-corrected chi connectivity index (χ2v) is 7.87. The van der Waals surface area contributed by atoms with Crippen molar-refractivity contribution in [3.8, 4) is 0 Å². The summed E-state index contributed by atoms with van der Waals surface area (Å²) in [6.07, 6.45) is 0. The largest absolute Gasteiger partial charge is 0.399 e. The molecular formula is C24H18N2O2. The third-order valence-electron chi connectivity index (χ3n) is 6.58. The summed E-state index contributed by atoms with van der Waals surface area (Å²) in [5, 5.41) is 0. The summed E-state index contributed by atoms with van der Waals surface area (Å²) < 4.78 is 0. The van der Waals surface area contributed by atoms with Crippen LogP contribution in [-0.4, -0.2) is 11.8 Å². The Morgan fingerprint density at radius 2 is 1.11 bits per heavy atom. The zero-order valence-electron chi connectivity index (χ0n) is 15.1. The van der Waals surface area contributed by atoms with Crippen LogP contribution in [0.3, 0.4) is 0 Å². The molecule has 4 aliphatic rings. The smallest absolute Gasteiger partial charge is 0.238 e. The molecule has 1 fully saturated rings. The molecule has 0 saturated carbocycles. The van der Waals surface area contributed by atoms with E-state index in [1.54, 1.807) is 24.3 Å². The maximum Gasteiger partial charge on any atom is 0.238 e. The number of nitrogen functional groups attached to an aromatic ring is 1. The van der Waals surface area contributed by atoms with Crippen molar-refractivity contribution in [3.05, 3.63) is 95.1 Å². The summed E-state index contributed by atoms with van der Waals surface area (Å²) in [7, 11) is 0. The molecule has 4 nitrogen and oxygen atoms in total. The van der Waals surface area contributed by atoms with Crippen molar-refractivity contribution in [1.29, 1.82) is 0 Å². The second kappa shape index (κ2) is 5.32. The fourth-order valence-corrected chi connectivity index (χ4v) is 5.60. The first-order valence-corrected chi connectivity index (χ1v) is 9.58. The summed E-state index contributed by atoms with van der Waals surface area (Å²) in [5.74, 6) is -1.10. The van der Waals surface area contributed by atoms with E-state index in [0.29, 0.717) is 11.4 Å². The van der Waals surface area contributed by atoms with Gasteiger partial charge in [0.05, 0.1) is 17.5 Å². The number of nitrogens with two attached hydrogens (primary N) is 1. The Bertz CT molecular complexity index is 1050. The minimum Gasteiger partial charge on any atom is -0.399 e. The Balaban J connectivity index is 1.58. The highest BCUT2D eigenvalue weighted by Crippen LogP contribution is 2.61. The van der Waals surface area contributed by atoms with Crippen molar-refractivity contribution in [2.75, 3.05) is 10.6 Å². The van der Waals surface area contributed by atoms with E-state index in [0.717, 1.165) is 0 Å². The Morgan fingerprint density at radius 1 is 0.643 bits per heavy atom. The monoisotopic (exact) mass is 366 g/mol. The molecule has 0 spiro atoms. The number of benzene rings is 3. The van der Waals surface area contributed by atoms with Gasteiger partial charge in [-0.25, -0.2) is 4.90 Å². The molecule has 1 saturated heterocycles. The van der Waals surface area contributed by atoms with Crippen molar-refractivity contribution in [2.24, 2.45) is 11.8 Å². The number of hydrogen-bond donors (Lipinski definition) is 1. The Labute approximate surface area is 162 Å². The molecule has 2 amide bonds. The van der Waals surface area contributed by atoms with Gasteiger partial charge in [0.2, 0.25) is 11.8 Å². The fourth-order valence-electron chi connectivity index (χ4n) is 5.60. The summed E-state index contributed by atoms with van der Waals surface area (Å²) in [4.78, 5) is 28.4. The molecule has 4 heteroatoms. The average molecular weight is 366 g/mol. The van der Waals surface area contributed by atoms with Gasteiger partial charge in [0.25, 0.3) is 0 Å². The highest BCUT2D eigenvalue weighted by atomic mass is 16.2. The Hall–Kier alpha value is -3.40. The minimum absolute atomic E-state index is 0.0788. The van der Waals surface area contributed by atoms with E-state index >= 15 is 0 Å². The fraction of sp³-hybridized carbons (Fsp3) is 0.167. The highest BCUT2D eigenvalue weighted by Gasteiger charge is 2.61. The number of carbonyl (C=O) groups is 2. The van der Waals surface area contributed by atoms with Crippen molar-refractivity contribution >= 4 is 23.2 Å². The van der Waals surface area contributed by atoms with Crippen LogP contribution in [0.5, 0.6) is 0 Å². The van der Waals surface area contributed by atoms with Crippen LogP contribution in [0.15, 0.2) is 72.8 Å². The number of amides is 2. The van der Waals surface area contributed by atoms with Crippen LogP contribution in [0.25, 0.3) is 0 Å². The number of anilines is 2. The van der Waals surface area contributed by atoms with Crippen molar-refractivity contribution in [3.63, 3.8) is 0 Å². The number of hydrogen-bond acceptors (Lipinski definition) is 3. The van der Waals surface area contributed by atoms with Gasteiger partial charge in [0, 0.05) is 17.5 Å². The average Bonchev–Trinajstić information content (AvgIpc) is 2.99. The van der Waals surface area contributed by atoms with E-state index in [1.165, 1.54) is 27.2 Å². The first-order valence-electron chi connectivity index (χ1n) is 9.58. The van der Waals surface area contributed by atoms with Crippen LogP contribution in [0.2, 0.25) is 0 Å². The molecule has 2 atom stereocenters. The molecule has 136 valence electrons. The first-order chi connectivity index (χ1) is 13.7. The maximum absolute atomic E-state index is 13.5. The summed E-state index contributed by atoms with van der Waals surface area (Å²) in [6.45, 7) is 0. The van der Waals surface area contributed by atoms with Gasteiger partial charge in [-0.05, 0) is 40.5 Å². The van der Waals surface area contributed by atoms with Gasteiger partial charge < -0.3 is 5.73 Å². The predicted molar refractivity (Wildman–Crippen MR) is 107 cm³/mol. The molecule has 1 aliphatic heterocycles. The van der Waals surface area contributed by atoms with Crippen LogP contribution >= 0.6 is 0 Å². The lowest BCUT2D eigenvalue weighted by Gasteiger charge is -2.45. The molecule has 2 N–H and O–H groups in total. The summed E-state index contributed by atoms with van der Waals surface area (Å²) in [6, 6.07) is 23.6. The van der Waals surface area contributed by atoms with E-state index in [1.807, 2.05) is 24.3 Å². The third kappa shape index (κ3) is 1.80. The van der Waals surface area contributed by atoms with Gasteiger partial charge in [-0.2, -0.15) is 0 Å². The van der Waals surface area contributed by atoms with Crippen LogP contribution in [0.4, 0.5) is 11.4 Å². The van der Waals surface area contributed by atoms with Gasteiger partial charge in [0.1, 0.15) is 0 Å².